The number of aryl methyl sites for hydroxylation is 1. The first kappa shape index (κ1) is 8.01. The summed E-state index contributed by atoms with van der Waals surface area (Å²) in [5, 5.41) is 3.02. The Morgan fingerprint density at radius 3 is 2.91 bits per heavy atom. The molecule has 1 heterocycles. The molecular weight excluding hydrogens is 138 g/mol. The van der Waals surface area contributed by atoms with Crippen molar-refractivity contribution >= 4 is 5.69 Å². The maximum absolute atomic E-state index is 5.73. The molecule has 0 fully saturated rings. The molecule has 0 spiro atoms. The summed E-state index contributed by atoms with van der Waals surface area (Å²) in [7, 11) is 1.89. The van der Waals surface area contributed by atoms with Gasteiger partial charge >= 0.3 is 0 Å². The second kappa shape index (κ2) is 3.34. The number of nitrogen functional groups attached to an aromatic ring is 1. The van der Waals surface area contributed by atoms with E-state index >= 15 is 0 Å². The lowest BCUT2D eigenvalue weighted by molar-refractivity contribution is 0.814. The lowest BCUT2D eigenvalue weighted by atomic mass is 10.2. The predicted molar refractivity (Wildman–Crippen MR) is 46.2 cm³/mol. The molecular formula is C8H13N3. The molecule has 0 radical (unpaired) electrons. The summed E-state index contributed by atoms with van der Waals surface area (Å²) in [5.74, 6) is 0. The third-order valence-corrected chi connectivity index (χ3v) is 1.53. The molecule has 0 aliphatic heterocycles. The van der Waals surface area contributed by atoms with E-state index in [1.807, 2.05) is 20.0 Å². The Kier molecular flexibility index (Phi) is 2.44. The molecule has 1 aromatic rings. The molecule has 3 N–H and O–H groups in total. The van der Waals surface area contributed by atoms with Gasteiger partial charge in [0.05, 0.1) is 0 Å². The van der Waals surface area contributed by atoms with E-state index in [0.717, 1.165) is 23.5 Å². The molecule has 3 heteroatoms. The summed E-state index contributed by atoms with van der Waals surface area (Å²) in [6.07, 6.45) is 1.81. The minimum Gasteiger partial charge on any atom is -0.398 e. The van der Waals surface area contributed by atoms with Gasteiger partial charge < -0.3 is 11.1 Å². The number of nitrogens with zero attached hydrogens (tertiary/aromatic N) is 1. The normalized spacial score (nSPS) is 10.0. The smallest absolute Gasteiger partial charge is 0.0393 e. The molecule has 0 saturated carbocycles. The largest absolute Gasteiger partial charge is 0.398 e. The van der Waals surface area contributed by atoms with E-state index in [4.69, 9.17) is 5.73 Å². The van der Waals surface area contributed by atoms with Crippen molar-refractivity contribution in [3.63, 3.8) is 0 Å². The van der Waals surface area contributed by atoms with Crippen LogP contribution in [0.2, 0.25) is 0 Å². The second-order valence-corrected chi connectivity index (χ2v) is 2.55. The number of aromatic nitrogens is 1. The second-order valence-electron chi connectivity index (χ2n) is 2.55. The maximum atomic E-state index is 5.73. The van der Waals surface area contributed by atoms with E-state index in [9.17, 15) is 0 Å². The van der Waals surface area contributed by atoms with Gasteiger partial charge in [-0.15, -0.1) is 0 Å². The number of hydrogen-bond donors (Lipinski definition) is 2. The van der Waals surface area contributed by atoms with Gasteiger partial charge in [-0.05, 0) is 20.0 Å². The third-order valence-electron chi connectivity index (χ3n) is 1.53. The van der Waals surface area contributed by atoms with E-state index < -0.39 is 0 Å². The van der Waals surface area contributed by atoms with Crippen LogP contribution in [0, 0.1) is 6.92 Å². The number of pyridine rings is 1. The summed E-state index contributed by atoms with van der Waals surface area (Å²) >= 11 is 0. The van der Waals surface area contributed by atoms with Gasteiger partial charge in [0.2, 0.25) is 0 Å². The Labute approximate surface area is 66.6 Å². The van der Waals surface area contributed by atoms with Crippen LogP contribution in [0.4, 0.5) is 5.69 Å². The van der Waals surface area contributed by atoms with Gasteiger partial charge in [0.15, 0.2) is 0 Å². The first-order valence-electron chi connectivity index (χ1n) is 3.59. The number of nitrogens with one attached hydrogen (secondary N) is 1. The molecule has 0 saturated heterocycles. The Hall–Kier alpha value is -1.09. The van der Waals surface area contributed by atoms with Crippen molar-refractivity contribution < 1.29 is 0 Å². The summed E-state index contributed by atoms with van der Waals surface area (Å²) in [5.41, 5.74) is 8.55. The fraction of sp³-hybridized carbons (Fsp3) is 0.375. The number of anilines is 1. The molecule has 1 aromatic heterocycles. The highest BCUT2D eigenvalue weighted by Crippen LogP contribution is 2.10. The molecule has 0 aliphatic carbocycles. The maximum Gasteiger partial charge on any atom is 0.0393 e. The number of hydrogen-bond acceptors (Lipinski definition) is 3. The summed E-state index contributed by atoms with van der Waals surface area (Å²) < 4.78 is 0. The van der Waals surface area contributed by atoms with Crippen LogP contribution < -0.4 is 11.1 Å². The average molecular weight is 151 g/mol. The van der Waals surface area contributed by atoms with Crippen LogP contribution in [0.15, 0.2) is 12.3 Å². The van der Waals surface area contributed by atoms with Gasteiger partial charge in [0, 0.05) is 29.7 Å². The molecule has 0 aliphatic rings. The molecule has 60 valence electrons. The molecule has 3 nitrogen and oxygen atoms in total. The van der Waals surface area contributed by atoms with Crippen LogP contribution in [-0.4, -0.2) is 12.0 Å². The summed E-state index contributed by atoms with van der Waals surface area (Å²) in [6.45, 7) is 2.71. The Balaban J connectivity index is 2.90. The fourth-order valence-electron chi connectivity index (χ4n) is 0.947. The standard InChI is InChI=1S/C8H13N3/c1-6-3-8(9)7(4-10-2)5-11-6/h3,5,10H,4H2,1-2H3,(H2,9,11). The van der Waals surface area contributed by atoms with Gasteiger partial charge in [0.25, 0.3) is 0 Å². The van der Waals surface area contributed by atoms with E-state index in [-0.39, 0.29) is 0 Å². The van der Waals surface area contributed by atoms with Crippen molar-refractivity contribution in [1.29, 1.82) is 0 Å². The van der Waals surface area contributed by atoms with Crippen LogP contribution in [0.1, 0.15) is 11.3 Å². The van der Waals surface area contributed by atoms with Crippen molar-refractivity contribution in [1.82, 2.24) is 10.3 Å². The monoisotopic (exact) mass is 151 g/mol. The molecule has 0 atom stereocenters. The fourth-order valence-corrected chi connectivity index (χ4v) is 0.947. The lowest BCUT2D eigenvalue weighted by Crippen LogP contribution is -2.08. The third kappa shape index (κ3) is 1.91. The van der Waals surface area contributed by atoms with Crippen molar-refractivity contribution in [3.8, 4) is 0 Å². The van der Waals surface area contributed by atoms with Crippen LogP contribution in [-0.2, 0) is 6.54 Å². The van der Waals surface area contributed by atoms with Gasteiger partial charge in [0.1, 0.15) is 0 Å². The molecule has 0 aromatic carbocycles. The van der Waals surface area contributed by atoms with Crippen molar-refractivity contribution in [3.05, 3.63) is 23.5 Å². The molecule has 0 amide bonds. The number of rotatable bonds is 2. The Bertz CT molecular complexity index is 245. The topological polar surface area (TPSA) is 50.9 Å². The van der Waals surface area contributed by atoms with Crippen LogP contribution in [0.25, 0.3) is 0 Å². The first-order chi connectivity index (χ1) is 5.24. The summed E-state index contributed by atoms with van der Waals surface area (Å²) in [4.78, 5) is 4.14. The van der Waals surface area contributed by atoms with Gasteiger partial charge in [-0.3, -0.25) is 4.98 Å². The van der Waals surface area contributed by atoms with E-state index in [1.165, 1.54) is 0 Å². The zero-order valence-corrected chi connectivity index (χ0v) is 6.89. The van der Waals surface area contributed by atoms with Crippen LogP contribution in [0.5, 0.6) is 0 Å². The van der Waals surface area contributed by atoms with Crippen LogP contribution in [0.3, 0.4) is 0 Å². The highest BCUT2D eigenvalue weighted by atomic mass is 14.8. The van der Waals surface area contributed by atoms with Gasteiger partial charge in [-0.1, -0.05) is 0 Å². The van der Waals surface area contributed by atoms with Crippen molar-refractivity contribution in [2.45, 2.75) is 13.5 Å². The van der Waals surface area contributed by atoms with E-state index in [2.05, 4.69) is 10.3 Å². The predicted octanol–water partition coefficient (Wildman–Crippen LogP) is 0.692. The van der Waals surface area contributed by atoms with Gasteiger partial charge in [-0.2, -0.15) is 0 Å². The zero-order valence-electron chi connectivity index (χ0n) is 6.89. The Morgan fingerprint density at radius 1 is 1.64 bits per heavy atom. The zero-order chi connectivity index (χ0) is 8.27. The van der Waals surface area contributed by atoms with Crippen molar-refractivity contribution in [2.24, 2.45) is 0 Å². The van der Waals surface area contributed by atoms with E-state index in [0.29, 0.717) is 0 Å². The van der Waals surface area contributed by atoms with Crippen LogP contribution >= 0.6 is 0 Å². The average Bonchev–Trinajstić information content (AvgIpc) is 1.95. The van der Waals surface area contributed by atoms with Crippen molar-refractivity contribution in [2.75, 3.05) is 12.8 Å². The number of nitrogens with two attached hydrogens (primary N) is 1. The minimum atomic E-state index is 0.777. The lowest BCUT2D eigenvalue weighted by Gasteiger charge is -2.03. The van der Waals surface area contributed by atoms with E-state index in [1.54, 1.807) is 6.20 Å². The molecule has 0 bridgehead atoms. The highest BCUT2D eigenvalue weighted by molar-refractivity contribution is 5.46. The first-order valence-corrected chi connectivity index (χ1v) is 3.59. The minimum absolute atomic E-state index is 0.777. The Morgan fingerprint density at radius 2 is 2.36 bits per heavy atom. The molecule has 1 rings (SSSR count). The summed E-state index contributed by atoms with van der Waals surface area (Å²) in [6, 6.07) is 1.88. The quantitative estimate of drug-likeness (QED) is 0.654. The van der Waals surface area contributed by atoms with Gasteiger partial charge in [-0.25, -0.2) is 0 Å². The molecule has 11 heavy (non-hydrogen) atoms. The molecule has 0 unspecified atom stereocenters. The SMILES string of the molecule is CNCc1cnc(C)cc1N. The highest BCUT2D eigenvalue weighted by Gasteiger charge is 1.97.